The van der Waals surface area contributed by atoms with E-state index < -0.39 is 77.5 Å². The molecule has 0 bridgehead atoms. The lowest BCUT2D eigenvalue weighted by Crippen LogP contribution is -2.68. The summed E-state index contributed by atoms with van der Waals surface area (Å²) in [5.74, 6) is -3.18. The van der Waals surface area contributed by atoms with Gasteiger partial charge >= 0.3 is 6.09 Å². The summed E-state index contributed by atoms with van der Waals surface area (Å²) in [7, 11) is 6.87. The SMILES string of the molecule is CCCC(C(=O)NC(C)(C=O)OC(=O)N(C)C(N)(C=O)CC(C)C)N(C)C(=O)C(CC(C)C)NC(C=O)(CC(C)C)N(C)C(=O)CN(C)C(=O)C(NC(=O)CCC(C)CCN1CCOCC1)C(C)OC. The highest BCUT2D eigenvalue weighted by molar-refractivity contribution is 5.93. The lowest BCUT2D eigenvalue weighted by molar-refractivity contribution is -0.151. The van der Waals surface area contributed by atoms with E-state index in [-0.39, 0.29) is 68.0 Å². The molecule has 21 heteroatoms. The van der Waals surface area contributed by atoms with Crippen LogP contribution in [0.15, 0.2) is 0 Å². The van der Waals surface area contributed by atoms with Gasteiger partial charge in [0.25, 0.3) is 0 Å². The Bertz CT molecular complexity index is 1730. The summed E-state index contributed by atoms with van der Waals surface area (Å²) in [6.45, 7) is 21.3. The van der Waals surface area contributed by atoms with Crippen LogP contribution in [-0.2, 0) is 52.6 Å². The smallest absolute Gasteiger partial charge is 0.413 e. The molecule has 1 fully saturated rings. The first-order chi connectivity index (χ1) is 32.6. The third kappa shape index (κ3) is 19.6. The molecule has 0 aromatic carbocycles. The van der Waals surface area contributed by atoms with E-state index in [1.54, 1.807) is 27.7 Å². The van der Waals surface area contributed by atoms with Gasteiger partial charge in [0.05, 0.1) is 31.9 Å². The molecule has 402 valence electrons. The first-order valence-electron chi connectivity index (χ1n) is 24.7. The average molecular weight is 996 g/mol. The van der Waals surface area contributed by atoms with Gasteiger partial charge in [-0.2, -0.15) is 0 Å². The Balaban J connectivity index is 3.37. The van der Waals surface area contributed by atoms with Gasteiger partial charge in [-0.05, 0) is 75.7 Å². The number of hydrogen-bond acceptors (Lipinski definition) is 15. The summed E-state index contributed by atoms with van der Waals surface area (Å²) >= 11 is 0. The minimum atomic E-state index is -2.24. The molecule has 0 aliphatic carbocycles. The summed E-state index contributed by atoms with van der Waals surface area (Å²) in [6.07, 6.45) is 1.78. The predicted molar refractivity (Wildman–Crippen MR) is 264 cm³/mol. The Morgan fingerprint density at radius 3 is 1.90 bits per heavy atom. The number of amides is 6. The number of hydrogen-bond donors (Lipinski definition) is 4. The van der Waals surface area contributed by atoms with Crippen LogP contribution >= 0.6 is 0 Å². The molecule has 8 unspecified atom stereocenters. The molecular weight excluding hydrogens is 907 g/mol. The number of nitrogens with two attached hydrogens (primary N) is 1. The van der Waals surface area contributed by atoms with Gasteiger partial charge in [-0.25, -0.2) is 4.79 Å². The van der Waals surface area contributed by atoms with Crippen molar-refractivity contribution in [2.45, 2.75) is 162 Å². The lowest BCUT2D eigenvalue weighted by atomic mass is 9.93. The number of nitrogens with zero attached hydrogens (tertiary/aromatic N) is 5. The normalized spacial score (nSPS) is 17.9. The van der Waals surface area contributed by atoms with Gasteiger partial charge in [-0.1, -0.05) is 61.8 Å². The Morgan fingerprint density at radius 1 is 0.800 bits per heavy atom. The van der Waals surface area contributed by atoms with E-state index in [0.717, 1.165) is 42.8 Å². The molecule has 6 amide bonds. The van der Waals surface area contributed by atoms with E-state index in [0.29, 0.717) is 38.6 Å². The van der Waals surface area contributed by atoms with Crippen molar-refractivity contribution in [2.75, 3.05) is 74.7 Å². The van der Waals surface area contributed by atoms with Gasteiger partial charge < -0.3 is 45.3 Å². The molecule has 21 nitrogen and oxygen atoms in total. The van der Waals surface area contributed by atoms with E-state index >= 15 is 0 Å². The molecule has 5 N–H and O–H groups in total. The second-order valence-corrected chi connectivity index (χ2v) is 20.6. The molecule has 1 heterocycles. The summed E-state index contributed by atoms with van der Waals surface area (Å²) in [5.41, 5.74) is 0.412. The number of rotatable bonds is 32. The van der Waals surface area contributed by atoms with Crippen LogP contribution in [0.3, 0.4) is 0 Å². The first kappa shape index (κ1) is 63.4. The fourth-order valence-corrected chi connectivity index (χ4v) is 8.35. The van der Waals surface area contributed by atoms with Crippen LogP contribution in [0.5, 0.6) is 0 Å². The van der Waals surface area contributed by atoms with Crippen molar-refractivity contribution in [3.8, 4) is 0 Å². The summed E-state index contributed by atoms with van der Waals surface area (Å²) < 4.78 is 16.3. The largest absolute Gasteiger partial charge is 0.416 e. The van der Waals surface area contributed by atoms with E-state index in [1.165, 1.54) is 45.1 Å². The summed E-state index contributed by atoms with van der Waals surface area (Å²) in [6, 6.07) is -3.48. The lowest BCUT2D eigenvalue weighted by Gasteiger charge is -2.43. The maximum Gasteiger partial charge on any atom is 0.413 e. The average Bonchev–Trinajstić information content (AvgIpc) is 3.31. The molecule has 0 aromatic rings. The maximum atomic E-state index is 14.7. The minimum Gasteiger partial charge on any atom is -0.416 e. The standard InChI is InChI=1S/C49H89N9O12/c1-16-17-39(43(64)53-47(10,30-59)70-46(67)57(14)48(50,31-60)27-34(4)5)55(12)44(65)38(26-33(2)3)52-49(32-61,28-35(6)7)56(13)41(63)29-54(11)45(66)42(37(9)68-15)51-40(62)19-18-36(8)20-21-58-22-24-69-25-23-58/h30-39,42,52H,16-29,50H2,1-15H3,(H,51,62)(H,53,64). The predicted octanol–water partition coefficient (Wildman–Crippen LogP) is 2.13. The van der Waals surface area contributed by atoms with E-state index in [9.17, 15) is 43.2 Å². The van der Waals surface area contributed by atoms with Gasteiger partial charge in [0.2, 0.25) is 35.3 Å². The van der Waals surface area contributed by atoms with Crippen LogP contribution in [-0.4, -0.2) is 195 Å². The van der Waals surface area contributed by atoms with Gasteiger partial charge in [-0.15, -0.1) is 0 Å². The number of methoxy groups -OCH3 is 1. The monoisotopic (exact) mass is 996 g/mol. The van der Waals surface area contributed by atoms with Crippen molar-refractivity contribution in [2.24, 2.45) is 29.4 Å². The Hall–Kier alpha value is -4.57. The minimum absolute atomic E-state index is 0.0496. The number of morpholine rings is 1. The fraction of sp³-hybridized carbons (Fsp3) is 0.816. The van der Waals surface area contributed by atoms with Gasteiger partial charge in [0.1, 0.15) is 12.1 Å². The van der Waals surface area contributed by atoms with Crippen molar-refractivity contribution in [1.29, 1.82) is 0 Å². The molecule has 8 atom stereocenters. The quantitative estimate of drug-likeness (QED) is 0.0556. The highest BCUT2D eigenvalue weighted by atomic mass is 16.6. The molecule has 0 radical (unpaired) electrons. The van der Waals surface area contributed by atoms with E-state index in [1.807, 2.05) is 27.7 Å². The Morgan fingerprint density at radius 2 is 1.40 bits per heavy atom. The van der Waals surface area contributed by atoms with Crippen molar-refractivity contribution < 1.29 is 57.4 Å². The molecule has 0 spiro atoms. The highest BCUT2D eigenvalue weighted by Gasteiger charge is 2.45. The third-order valence-electron chi connectivity index (χ3n) is 12.8. The van der Waals surface area contributed by atoms with Crippen molar-refractivity contribution in [3.63, 3.8) is 0 Å². The van der Waals surface area contributed by atoms with Crippen LogP contribution in [0.4, 0.5) is 4.79 Å². The van der Waals surface area contributed by atoms with Crippen LogP contribution in [0.1, 0.15) is 121 Å². The third-order valence-corrected chi connectivity index (χ3v) is 12.8. The zero-order valence-corrected chi connectivity index (χ0v) is 45.0. The fourth-order valence-electron chi connectivity index (χ4n) is 8.35. The van der Waals surface area contributed by atoms with E-state index in [4.69, 9.17) is 19.9 Å². The molecule has 0 saturated carbocycles. The van der Waals surface area contributed by atoms with Gasteiger partial charge in [0.15, 0.2) is 30.2 Å². The topological polar surface area (TPSA) is 260 Å². The zero-order valence-electron chi connectivity index (χ0n) is 45.0. The zero-order chi connectivity index (χ0) is 53.7. The first-order valence-corrected chi connectivity index (χ1v) is 24.7. The molecule has 70 heavy (non-hydrogen) atoms. The summed E-state index contributed by atoms with van der Waals surface area (Å²) in [4.78, 5) is 128. The molecule has 1 saturated heterocycles. The van der Waals surface area contributed by atoms with Gasteiger partial charge in [-0.3, -0.25) is 53.5 Å². The number of carbonyl (C=O) groups is 9. The van der Waals surface area contributed by atoms with Crippen LogP contribution < -0.4 is 21.7 Å². The van der Waals surface area contributed by atoms with Gasteiger partial charge in [0, 0.05) is 61.7 Å². The van der Waals surface area contributed by atoms with Crippen molar-refractivity contribution >= 4 is 54.5 Å². The maximum absolute atomic E-state index is 14.7. The summed E-state index contributed by atoms with van der Waals surface area (Å²) in [5, 5.41) is 8.44. The molecule has 1 rings (SSSR count). The van der Waals surface area contributed by atoms with Crippen LogP contribution in [0, 0.1) is 23.7 Å². The van der Waals surface area contributed by atoms with Crippen molar-refractivity contribution in [1.82, 2.24) is 40.4 Å². The number of ether oxygens (including phenoxy) is 3. The Kier molecular flexibility index (Phi) is 26.9. The van der Waals surface area contributed by atoms with Crippen molar-refractivity contribution in [3.05, 3.63) is 0 Å². The second kappa shape index (κ2) is 29.7. The van der Waals surface area contributed by atoms with Crippen LogP contribution in [0.25, 0.3) is 0 Å². The number of carbonyl (C=O) groups excluding carboxylic acids is 9. The Labute approximate surface area is 417 Å². The second-order valence-electron chi connectivity index (χ2n) is 20.6. The molecule has 1 aliphatic rings. The molecule has 0 aromatic heterocycles. The number of likely N-dealkylation sites (N-methyl/N-ethyl adjacent to an activating group) is 4. The van der Waals surface area contributed by atoms with E-state index in [2.05, 4.69) is 27.8 Å². The molecule has 1 aliphatic heterocycles. The number of nitrogens with one attached hydrogen (secondary N) is 3. The highest BCUT2D eigenvalue weighted by Crippen LogP contribution is 2.25. The number of aldehydes is 3. The molecular formula is C49H89N9O12. The van der Waals surface area contributed by atoms with Crippen LogP contribution in [0.2, 0.25) is 0 Å².